The van der Waals surface area contributed by atoms with E-state index in [-0.39, 0.29) is 12.5 Å². The van der Waals surface area contributed by atoms with Crippen LogP contribution in [0.2, 0.25) is 0 Å². The van der Waals surface area contributed by atoms with E-state index in [0.717, 1.165) is 28.3 Å². The van der Waals surface area contributed by atoms with Gasteiger partial charge in [-0.25, -0.2) is 9.67 Å². The number of rotatable bonds is 8. The first kappa shape index (κ1) is 21.3. The van der Waals surface area contributed by atoms with E-state index in [4.69, 9.17) is 4.74 Å². The van der Waals surface area contributed by atoms with Crippen molar-refractivity contribution < 1.29 is 9.53 Å². The molecule has 0 spiro atoms. The summed E-state index contributed by atoms with van der Waals surface area (Å²) in [7, 11) is 0. The third kappa shape index (κ3) is 5.27. The zero-order valence-corrected chi connectivity index (χ0v) is 18.5. The Labute approximate surface area is 197 Å². The highest BCUT2D eigenvalue weighted by atomic mass is 16.5. The smallest absolute Gasteiger partial charge is 0.269 e. The Morgan fingerprint density at radius 3 is 2.53 bits per heavy atom. The largest absolute Gasteiger partial charge is 0.457 e. The van der Waals surface area contributed by atoms with Gasteiger partial charge in [0.05, 0.1) is 25.0 Å². The summed E-state index contributed by atoms with van der Waals surface area (Å²) in [5.41, 5.74) is 4.07. The Morgan fingerprint density at radius 2 is 1.71 bits per heavy atom. The molecular formula is C27H23N5O2. The second-order valence-corrected chi connectivity index (χ2v) is 7.87. The molecule has 7 heteroatoms. The molecule has 3 aromatic carbocycles. The molecule has 0 bridgehead atoms. The number of aliphatic imine (C=N–C) groups is 1. The number of hydrogen-bond acceptors (Lipinski definition) is 5. The van der Waals surface area contributed by atoms with Crippen LogP contribution in [0.25, 0.3) is 0 Å². The third-order valence-electron chi connectivity index (χ3n) is 5.32. The number of nitrogens with one attached hydrogen (secondary N) is 1. The fourth-order valence-corrected chi connectivity index (χ4v) is 3.66. The number of ether oxygens (including phenoxy) is 1. The van der Waals surface area contributed by atoms with Gasteiger partial charge in [-0.05, 0) is 41.5 Å². The summed E-state index contributed by atoms with van der Waals surface area (Å²) in [6, 6.07) is 27.4. The van der Waals surface area contributed by atoms with E-state index in [2.05, 4.69) is 20.6 Å². The van der Waals surface area contributed by atoms with Crippen LogP contribution in [0.1, 0.15) is 23.2 Å². The van der Waals surface area contributed by atoms with Crippen LogP contribution in [0.4, 0.5) is 0 Å². The van der Waals surface area contributed by atoms with Crippen molar-refractivity contribution in [1.29, 1.82) is 0 Å². The quantitative estimate of drug-likeness (QED) is 0.429. The number of carbonyl (C=O) groups is 1. The molecule has 0 fully saturated rings. The maximum absolute atomic E-state index is 12.5. The van der Waals surface area contributed by atoms with Crippen LogP contribution in [0, 0.1) is 0 Å². The molecule has 1 amide bonds. The summed E-state index contributed by atoms with van der Waals surface area (Å²) >= 11 is 0. The summed E-state index contributed by atoms with van der Waals surface area (Å²) < 4.78 is 7.64. The van der Waals surface area contributed by atoms with Gasteiger partial charge in [0.25, 0.3) is 5.91 Å². The summed E-state index contributed by atoms with van der Waals surface area (Å²) in [4.78, 5) is 17.0. The Bertz CT molecular complexity index is 1340. The fourth-order valence-electron chi connectivity index (χ4n) is 3.66. The number of para-hydroxylation sites is 1. The first-order valence-corrected chi connectivity index (χ1v) is 11.1. The minimum absolute atomic E-state index is 0.216. The van der Waals surface area contributed by atoms with Crippen LogP contribution >= 0.6 is 0 Å². The number of aromatic nitrogens is 3. The minimum Gasteiger partial charge on any atom is -0.457 e. The van der Waals surface area contributed by atoms with Gasteiger partial charge in [-0.15, -0.1) is 5.10 Å². The lowest BCUT2D eigenvalue weighted by atomic mass is 10.1. The summed E-state index contributed by atoms with van der Waals surface area (Å²) in [6.45, 7) is 0.826. The molecule has 1 aliphatic rings. The van der Waals surface area contributed by atoms with E-state index >= 15 is 0 Å². The molecule has 1 N–H and O–H groups in total. The highest BCUT2D eigenvalue weighted by Crippen LogP contribution is 2.22. The molecule has 0 unspecified atom stereocenters. The van der Waals surface area contributed by atoms with Gasteiger partial charge < -0.3 is 10.1 Å². The Kier molecular flexibility index (Phi) is 6.25. The van der Waals surface area contributed by atoms with Gasteiger partial charge in [0.15, 0.2) is 0 Å². The van der Waals surface area contributed by atoms with Crippen molar-refractivity contribution >= 4 is 11.6 Å². The predicted molar refractivity (Wildman–Crippen MR) is 130 cm³/mol. The van der Waals surface area contributed by atoms with Crippen molar-refractivity contribution in [3.63, 3.8) is 0 Å². The van der Waals surface area contributed by atoms with Crippen molar-refractivity contribution in [2.75, 3.05) is 0 Å². The van der Waals surface area contributed by atoms with E-state index in [0.29, 0.717) is 24.4 Å². The van der Waals surface area contributed by atoms with Crippen molar-refractivity contribution in [3.05, 3.63) is 120 Å². The number of hydrogen-bond donors (Lipinski definition) is 1. The van der Waals surface area contributed by atoms with E-state index in [9.17, 15) is 4.79 Å². The van der Waals surface area contributed by atoms with Gasteiger partial charge in [0.2, 0.25) is 0 Å². The van der Waals surface area contributed by atoms with Crippen LogP contribution in [-0.4, -0.2) is 26.6 Å². The fraction of sp³-hybridized carbons (Fsp3) is 0.111. The molecule has 0 radical (unpaired) electrons. The molecule has 1 aromatic heterocycles. The molecule has 4 aromatic rings. The van der Waals surface area contributed by atoms with Crippen LogP contribution in [0.15, 0.2) is 108 Å². The van der Waals surface area contributed by atoms with E-state index in [1.54, 1.807) is 4.68 Å². The SMILES string of the molecule is O=C(NCc1cn(Cc2cccc(Oc3ccccc3)c2)nn1)C1=CCC(c2ccccc2)=N1. The standard InChI is InChI=1S/C27H23N5O2/c33-27(26-15-14-25(29-26)21-9-3-1-4-10-21)28-17-22-19-32(31-30-22)18-20-8-7-13-24(16-20)34-23-11-5-2-6-12-23/h1-13,15-16,19H,14,17-18H2,(H,28,33). The highest BCUT2D eigenvalue weighted by molar-refractivity contribution is 6.08. The second-order valence-electron chi connectivity index (χ2n) is 7.87. The molecule has 2 heterocycles. The van der Waals surface area contributed by atoms with Gasteiger partial charge in [-0.3, -0.25) is 4.79 Å². The van der Waals surface area contributed by atoms with Crippen LogP contribution in [0.3, 0.4) is 0 Å². The monoisotopic (exact) mass is 449 g/mol. The van der Waals surface area contributed by atoms with Gasteiger partial charge in [0.1, 0.15) is 22.9 Å². The molecule has 0 saturated carbocycles. The molecule has 0 saturated heterocycles. The van der Waals surface area contributed by atoms with Crippen LogP contribution in [-0.2, 0) is 17.9 Å². The van der Waals surface area contributed by atoms with Crippen molar-refractivity contribution in [2.24, 2.45) is 4.99 Å². The van der Waals surface area contributed by atoms with Crippen LogP contribution < -0.4 is 10.1 Å². The summed E-state index contributed by atoms with van der Waals surface area (Å²) in [6.07, 6.45) is 4.32. The van der Waals surface area contributed by atoms with E-state index in [1.807, 2.05) is 97.2 Å². The molecule has 0 aliphatic carbocycles. The first-order valence-electron chi connectivity index (χ1n) is 11.1. The molecule has 0 atom stereocenters. The lowest BCUT2D eigenvalue weighted by Gasteiger charge is -2.07. The van der Waals surface area contributed by atoms with Gasteiger partial charge in [-0.2, -0.15) is 0 Å². The zero-order chi connectivity index (χ0) is 23.2. The van der Waals surface area contributed by atoms with Crippen molar-refractivity contribution in [1.82, 2.24) is 20.3 Å². The number of amides is 1. The predicted octanol–water partition coefficient (Wildman–Crippen LogP) is 4.51. The van der Waals surface area contributed by atoms with E-state index < -0.39 is 0 Å². The lowest BCUT2D eigenvalue weighted by Crippen LogP contribution is -2.23. The number of allylic oxidation sites excluding steroid dienone is 1. The van der Waals surface area contributed by atoms with Gasteiger partial charge in [-0.1, -0.05) is 65.9 Å². The molecule has 34 heavy (non-hydrogen) atoms. The average Bonchev–Trinajstić information content (AvgIpc) is 3.54. The molecule has 7 nitrogen and oxygen atoms in total. The number of benzene rings is 3. The maximum Gasteiger partial charge on any atom is 0.269 e. The topological polar surface area (TPSA) is 81.4 Å². The Hall–Kier alpha value is -4.52. The Balaban J connectivity index is 1.16. The first-order chi connectivity index (χ1) is 16.7. The zero-order valence-electron chi connectivity index (χ0n) is 18.5. The third-order valence-corrected chi connectivity index (χ3v) is 5.32. The van der Waals surface area contributed by atoms with Gasteiger partial charge in [0, 0.05) is 6.42 Å². The summed E-state index contributed by atoms with van der Waals surface area (Å²) in [5, 5.41) is 11.2. The minimum atomic E-state index is -0.216. The summed E-state index contributed by atoms with van der Waals surface area (Å²) in [5.74, 6) is 1.33. The van der Waals surface area contributed by atoms with Crippen molar-refractivity contribution in [2.45, 2.75) is 19.5 Å². The second kappa shape index (κ2) is 9.95. The molecular weight excluding hydrogens is 426 g/mol. The van der Waals surface area contributed by atoms with E-state index in [1.165, 1.54) is 0 Å². The van der Waals surface area contributed by atoms with Crippen LogP contribution in [0.5, 0.6) is 11.5 Å². The molecule has 5 rings (SSSR count). The lowest BCUT2D eigenvalue weighted by molar-refractivity contribution is -0.117. The Morgan fingerprint density at radius 1 is 0.941 bits per heavy atom. The number of carbonyl (C=O) groups excluding carboxylic acids is 1. The highest BCUT2D eigenvalue weighted by Gasteiger charge is 2.16. The number of nitrogens with zero attached hydrogens (tertiary/aromatic N) is 4. The van der Waals surface area contributed by atoms with Crippen molar-refractivity contribution in [3.8, 4) is 11.5 Å². The maximum atomic E-state index is 12.5. The average molecular weight is 450 g/mol. The molecule has 168 valence electrons. The van der Waals surface area contributed by atoms with Gasteiger partial charge >= 0.3 is 0 Å². The normalized spacial score (nSPS) is 12.7. The molecule has 1 aliphatic heterocycles.